The lowest BCUT2D eigenvalue weighted by molar-refractivity contribution is -0.124. The van der Waals surface area contributed by atoms with E-state index in [9.17, 15) is 4.79 Å². The molecule has 128 valence electrons. The number of aryl methyl sites for hydroxylation is 2. The first-order valence-electron chi connectivity index (χ1n) is 8.12. The molecule has 1 aromatic carbocycles. The van der Waals surface area contributed by atoms with Gasteiger partial charge in [0.15, 0.2) is 5.82 Å². The molecule has 0 bridgehead atoms. The summed E-state index contributed by atoms with van der Waals surface area (Å²) >= 11 is 0. The average molecular weight is 329 g/mol. The van der Waals surface area contributed by atoms with Crippen LogP contribution in [0.4, 0.5) is 0 Å². The summed E-state index contributed by atoms with van der Waals surface area (Å²) in [6, 6.07) is 8.08. The zero-order chi connectivity index (χ0) is 16.9. The monoisotopic (exact) mass is 329 g/mol. The number of nitrogens with zero attached hydrogens (tertiary/aromatic N) is 4. The molecule has 1 aromatic heterocycles. The zero-order valence-corrected chi connectivity index (χ0v) is 14.1. The molecule has 1 unspecified atom stereocenters. The lowest BCUT2D eigenvalue weighted by Crippen LogP contribution is -2.44. The van der Waals surface area contributed by atoms with Crippen LogP contribution in [0, 0.1) is 6.92 Å². The first-order valence-corrected chi connectivity index (χ1v) is 8.12. The molecule has 1 amide bonds. The van der Waals surface area contributed by atoms with Crippen molar-refractivity contribution in [1.82, 2.24) is 25.0 Å². The second kappa shape index (κ2) is 7.55. The maximum atomic E-state index is 12.2. The van der Waals surface area contributed by atoms with Gasteiger partial charge in [0.2, 0.25) is 5.91 Å². The van der Waals surface area contributed by atoms with Crippen molar-refractivity contribution >= 4 is 5.91 Å². The number of hydrogen-bond donors (Lipinski definition) is 1. The van der Waals surface area contributed by atoms with Crippen LogP contribution in [0.3, 0.4) is 0 Å². The number of nitrogens with one attached hydrogen (secondary N) is 1. The first kappa shape index (κ1) is 16.6. The molecular weight excluding hydrogens is 306 g/mol. The van der Waals surface area contributed by atoms with E-state index >= 15 is 0 Å². The topological polar surface area (TPSA) is 72.3 Å². The summed E-state index contributed by atoms with van der Waals surface area (Å²) in [6.45, 7) is 4.94. The van der Waals surface area contributed by atoms with E-state index in [1.807, 2.05) is 29.8 Å². The average Bonchev–Trinajstić information content (AvgIpc) is 3.00. The van der Waals surface area contributed by atoms with Gasteiger partial charge in [0.1, 0.15) is 12.4 Å². The SMILES string of the molecule is Cc1ccccc1CNC(=O)CN1CCOC(c2nncn2C)C1. The molecule has 24 heavy (non-hydrogen) atoms. The molecule has 1 N–H and O–H groups in total. The summed E-state index contributed by atoms with van der Waals surface area (Å²) in [4.78, 5) is 14.3. The Labute approximate surface area is 141 Å². The summed E-state index contributed by atoms with van der Waals surface area (Å²) < 4.78 is 7.62. The third kappa shape index (κ3) is 3.98. The highest BCUT2D eigenvalue weighted by atomic mass is 16.5. The van der Waals surface area contributed by atoms with Gasteiger partial charge >= 0.3 is 0 Å². The minimum absolute atomic E-state index is 0.0249. The highest BCUT2D eigenvalue weighted by molar-refractivity contribution is 5.78. The van der Waals surface area contributed by atoms with Gasteiger partial charge in [-0.2, -0.15) is 0 Å². The van der Waals surface area contributed by atoms with Gasteiger partial charge in [-0.25, -0.2) is 0 Å². The second-order valence-electron chi connectivity index (χ2n) is 6.10. The molecule has 7 nitrogen and oxygen atoms in total. The Kier molecular flexibility index (Phi) is 5.22. The van der Waals surface area contributed by atoms with Gasteiger partial charge in [0.05, 0.1) is 13.2 Å². The molecule has 2 heterocycles. The van der Waals surface area contributed by atoms with Crippen molar-refractivity contribution in [1.29, 1.82) is 0 Å². The third-order valence-electron chi connectivity index (χ3n) is 4.29. The molecule has 1 atom stereocenters. The van der Waals surface area contributed by atoms with Crippen molar-refractivity contribution in [2.24, 2.45) is 7.05 Å². The molecule has 0 radical (unpaired) electrons. The Morgan fingerprint density at radius 1 is 1.42 bits per heavy atom. The first-order chi connectivity index (χ1) is 11.6. The molecule has 0 spiro atoms. The Balaban J connectivity index is 1.51. The van der Waals surface area contributed by atoms with Crippen LogP contribution in [0.2, 0.25) is 0 Å². The van der Waals surface area contributed by atoms with Crippen molar-refractivity contribution in [2.45, 2.75) is 19.6 Å². The normalized spacial score (nSPS) is 18.5. The Morgan fingerprint density at radius 3 is 3.00 bits per heavy atom. The molecule has 0 aliphatic carbocycles. The molecule has 7 heteroatoms. The smallest absolute Gasteiger partial charge is 0.234 e. The molecule has 0 saturated carbocycles. The number of rotatable bonds is 5. The van der Waals surface area contributed by atoms with Crippen molar-refractivity contribution in [3.8, 4) is 0 Å². The number of ether oxygens (including phenoxy) is 1. The number of hydrogen-bond acceptors (Lipinski definition) is 5. The summed E-state index contributed by atoms with van der Waals surface area (Å²) in [5, 5.41) is 11.0. The van der Waals surface area contributed by atoms with Crippen LogP contribution in [0.5, 0.6) is 0 Å². The van der Waals surface area contributed by atoms with Crippen molar-refractivity contribution < 1.29 is 9.53 Å². The summed E-state index contributed by atoms with van der Waals surface area (Å²) in [5.41, 5.74) is 2.33. The minimum atomic E-state index is -0.143. The quantitative estimate of drug-likeness (QED) is 0.879. The summed E-state index contributed by atoms with van der Waals surface area (Å²) in [6.07, 6.45) is 1.52. The van der Waals surface area contributed by atoms with Crippen LogP contribution in [-0.2, 0) is 23.1 Å². The fourth-order valence-electron chi connectivity index (χ4n) is 2.85. The van der Waals surface area contributed by atoms with Gasteiger partial charge < -0.3 is 14.6 Å². The van der Waals surface area contributed by atoms with Gasteiger partial charge in [0.25, 0.3) is 0 Å². The predicted molar refractivity (Wildman–Crippen MR) is 89.2 cm³/mol. The van der Waals surface area contributed by atoms with E-state index in [1.54, 1.807) is 6.33 Å². The number of carbonyl (C=O) groups excluding carboxylic acids is 1. The lowest BCUT2D eigenvalue weighted by atomic mass is 10.1. The molecule has 3 rings (SSSR count). The van der Waals surface area contributed by atoms with E-state index in [-0.39, 0.29) is 12.0 Å². The lowest BCUT2D eigenvalue weighted by Gasteiger charge is -2.31. The number of benzene rings is 1. The van der Waals surface area contributed by atoms with Gasteiger partial charge in [-0.1, -0.05) is 24.3 Å². The fourth-order valence-corrected chi connectivity index (χ4v) is 2.85. The number of morpholine rings is 1. The van der Waals surface area contributed by atoms with Gasteiger partial charge in [-0.15, -0.1) is 10.2 Å². The minimum Gasteiger partial charge on any atom is -0.368 e. The zero-order valence-electron chi connectivity index (χ0n) is 14.1. The van der Waals surface area contributed by atoms with Crippen LogP contribution >= 0.6 is 0 Å². The number of carbonyl (C=O) groups is 1. The number of amides is 1. The Hall–Kier alpha value is -2.25. The highest BCUT2D eigenvalue weighted by Gasteiger charge is 2.26. The summed E-state index contributed by atoms with van der Waals surface area (Å²) in [5.74, 6) is 0.817. The Morgan fingerprint density at radius 2 is 2.25 bits per heavy atom. The fraction of sp³-hybridized carbons (Fsp3) is 0.471. The summed E-state index contributed by atoms with van der Waals surface area (Å²) in [7, 11) is 1.90. The molecule has 1 saturated heterocycles. The van der Waals surface area contributed by atoms with Crippen LogP contribution < -0.4 is 5.32 Å². The van der Waals surface area contributed by atoms with Crippen LogP contribution in [0.15, 0.2) is 30.6 Å². The van der Waals surface area contributed by atoms with Crippen molar-refractivity contribution in [3.05, 3.63) is 47.5 Å². The standard InChI is InChI=1S/C17H23N5O2/c1-13-5-3-4-6-14(13)9-18-16(23)11-22-7-8-24-15(10-22)17-20-19-12-21(17)2/h3-6,12,15H,7-11H2,1-2H3,(H,18,23). The van der Waals surface area contributed by atoms with E-state index in [0.717, 1.165) is 17.9 Å². The highest BCUT2D eigenvalue weighted by Crippen LogP contribution is 2.19. The number of aromatic nitrogens is 3. The van der Waals surface area contributed by atoms with E-state index in [1.165, 1.54) is 5.56 Å². The van der Waals surface area contributed by atoms with Crippen molar-refractivity contribution in [3.63, 3.8) is 0 Å². The van der Waals surface area contributed by atoms with E-state index in [0.29, 0.717) is 26.2 Å². The largest absolute Gasteiger partial charge is 0.368 e. The third-order valence-corrected chi connectivity index (χ3v) is 4.29. The van der Waals surface area contributed by atoms with Gasteiger partial charge in [-0.05, 0) is 18.1 Å². The van der Waals surface area contributed by atoms with Crippen LogP contribution in [-0.4, -0.2) is 51.8 Å². The predicted octanol–water partition coefficient (Wildman–Crippen LogP) is 0.813. The molecule has 1 fully saturated rings. The van der Waals surface area contributed by atoms with Crippen molar-refractivity contribution in [2.75, 3.05) is 26.2 Å². The molecule has 2 aromatic rings. The van der Waals surface area contributed by atoms with Crippen LogP contribution in [0.25, 0.3) is 0 Å². The molecule has 1 aliphatic heterocycles. The maximum absolute atomic E-state index is 12.2. The van der Waals surface area contributed by atoms with E-state index in [4.69, 9.17) is 4.74 Å². The van der Waals surface area contributed by atoms with E-state index in [2.05, 4.69) is 33.4 Å². The second-order valence-corrected chi connectivity index (χ2v) is 6.10. The maximum Gasteiger partial charge on any atom is 0.234 e. The molecule has 1 aliphatic rings. The van der Waals surface area contributed by atoms with E-state index < -0.39 is 0 Å². The van der Waals surface area contributed by atoms with Gasteiger partial charge in [0, 0.05) is 26.7 Å². The van der Waals surface area contributed by atoms with Crippen LogP contribution in [0.1, 0.15) is 23.1 Å². The molecular formula is C17H23N5O2. The Bertz CT molecular complexity index is 700. The van der Waals surface area contributed by atoms with Gasteiger partial charge in [-0.3, -0.25) is 9.69 Å².